The van der Waals surface area contributed by atoms with Crippen LogP contribution in [0.15, 0.2) is 91.1 Å². The van der Waals surface area contributed by atoms with Crippen molar-refractivity contribution in [1.82, 2.24) is 9.38 Å². The molecule has 0 spiro atoms. The zero-order valence-electron chi connectivity index (χ0n) is 21.2. The van der Waals surface area contributed by atoms with Crippen molar-refractivity contribution in [2.75, 3.05) is 0 Å². The van der Waals surface area contributed by atoms with Gasteiger partial charge in [0.15, 0.2) is 0 Å². The number of thiophene rings is 1. The molecule has 2 nitrogen and oxygen atoms in total. The highest BCUT2D eigenvalue weighted by Crippen LogP contribution is 2.43. The Morgan fingerprint density at radius 2 is 1.46 bits per heavy atom. The summed E-state index contributed by atoms with van der Waals surface area (Å²) in [5, 5.41) is 7.95. The van der Waals surface area contributed by atoms with Gasteiger partial charge in [-0.25, -0.2) is 0 Å². The van der Waals surface area contributed by atoms with Gasteiger partial charge in [-0.1, -0.05) is 63.2 Å². The van der Waals surface area contributed by atoms with Gasteiger partial charge in [-0.3, -0.25) is 4.98 Å². The van der Waals surface area contributed by atoms with E-state index in [2.05, 4.69) is 110 Å². The third kappa shape index (κ3) is 3.07. The van der Waals surface area contributed by atoms with Crippen molar-refractivity contribution in [1.29, 1.82) is 0 Å². The number of rotatable bonds is 2. The minimum absolute atomic E-state index is 0.246. The van der Waals surface area contributed by atoms with Gasteiger partial charge in [-0.05, 0) is 59.9 Å². The topological polar surface area (TPSA) is 17.3 Å². The summed E-state index contributed by atoms with van der Waals surface area (Å²) >= 11 is 1.89. The number of fused-ring (bicyclic) bond motifs is 9. The molecule has 3 heteroatoms. The first-order chi connectivity index (χ1) is 17.9. The molecule has 8 rings (SSSR count). The van der Waals surface area contributed by atoms with Gasteiger partial charge in [-0.2, -0.15) is 0 Å². The second-order valence-corrected chi connectivity index (χ2v) is 12.6. The van der Waals surface area contributed by atoms with Crippen LogP contribution in [0.2, 0.25) is 0 Å². The molecule has 4 aromatic carbocycles. The van der Waals surface area contributed by atoms with Crippen LogP contribution in [-0.2, 0) is 6.42 Å². The first kappa shape index (κ1) is 21.2. The van der Waals surface area contributed by atoms with Crippen LogP contribution in [0.3, 0.4) is 0 Å². The molecule has 0 radical (unpaired) electrons. The Hall–Kier alpha value is -3.95. The Morgan fingerprint density at radius 1 is 0.676 bits per heavy atom. The molecule has 0 atom stereocenters. The van der Waals surface area contributed by atoms with Gasteiger partial charge in [0.1, 0.15) is 0 Å². The number of para-hydroxylation sites is 1. The van der Waals surface area contributed by atoms with Crippen LogP contribution in [-0.4, -0.2) is 9.38 Å². The Labute approximate surface area is 219 Å². The highest BCUT2D eigenvalue weighted by molar-refractivity contribution is 7.25. The van der Waals surface area contributed by atoms with Crippen LogP contribution in [0.25, 0.3) is 69.5 Å². The number of nitrogens with zero attached hydrogens (tertiary/aromatic N) is 2. The van der Waals surface area contributed by atoms with E-state index in [-0.39, 0.29) is 5.41 Å². The van der Waals surface area contributed by atoms with Crippen LogP contribution >= 0.6 is 11.3 Å². The van der Waals surface area contributed by atoms with Crippen LogP contribution in [0, 0.1) is 5.41 Å². The number of pyridine rings is 1. The summed E-state index contributed by atoms with van der Waals surface area (Å²) in [6.45, 7) is 6.86. The van der Waals surface area contributed by atoms with E-state index in [0.717, 1.165) is 12.1 Å². The van der Waals surface area contributed by atoms with Crippen LogP contribution in [0.1, 0.15) is 26.3 Å². The van der Waals surface area contributed by atoms with E-state index in [1.165, 1.54) is 69.4 Å². The van der Waals surface area contributed by atoms with Crippen molar-refractivity contribution in [3.63, 3.8) is 0 Å². The number of hydrogen-bond donors (Lipinski definition) is 0. The first-order valence-electron chi connectivity index (χ1n) is 12.9. The second kappa shape index (κ2) is 7.30. The summed E-state index contributed by atoms with van der Waals surface area (Å²) in [5.41, 5.74) is 7.67. The molecule has 0 saturated heterocycles. The SMILES string of the molecule is CC(C)(C)Cc1ccnc(-c2ccc3c(c2)c2cccc4c5cc6sc7ccccc7c6cc5n3c24)c1. The van der Waals surface area contributed by atoms with Crippen molar-refractivity contribution >= 4 is 69.6 Å². The standard InChI is InChI=1S/C34H26N2S/c1-34(2,3)19-20-13-14-35-28(15-20)21-11-12-29-25(16-21)23-8-6-9-24-26-18-32-27(17-30(26)36(29)33(23)24)22-7-4-5-10-31(22)37-32/h4-18H,19H2,1-3H3. The predicted molar refractivity (Wildman–Crippen MR) is 160 cm³/mol. The highest BCUT2D eigenvalue weighted by Gasteiger charge is 2.19. The van der Waals surface area contributed by atoms with E-state index in [1.807, 2.05) is 17.5 Å². The van der Waals surface area contributed by atoms with Crippen molar-refractivity contribution in [2.24, 2.45) is 5.41 Å². The molecule has 0 N–H and O–H groups in total. The van der Waals surface area contributed by atoms with Gasteiger partial charge in [0.2, 0.25) is 0 Å². The van der Waals surface area contributed by atoms with E-state index >= 15 is 0 Å². The summed E-state index contributed by atoms with van der Waals surface area (Å²) in [4.78, 5) is 4.75. The molecule has 0 saturated carbocycles. The van der Waals surface area contributed by atoms with Crippen molar-refractivity contribution in [3.05, 3.63) is 96.7 Å². The largest absolute Gasteiger partial charge is 0.308 e. The predicted octanol–water partition coefficient (Wildman–Crippen LogP) is 9.86. The maximum Gasteiger partial charge on any atom is 0.0704 e. The minimum Gasteiger partial charge on any atom is -0.308 e. The van der Waals surface area contributed by atoms with E-state index in [1.54, 1.807) is 0 Å². The van der Waals surface area contributed by atoms with E-state index in [9.17, 15) is 0 Å². The molecule has 8 aromatic rings. The molecule has 4 heterocycles. The molecule has 0 amide bonds. The molecule has 4 aromatic heterocycles. The fraction of sp³-hybridized carbons (Fsp3) is 0.147. The number of benzene rings is 4. The molecule has 178 valence electrons. The van der Waals surface area contributed by atoms with Crippen molar-refractivity contribution in [3.8, 4) is 11.3 Å². The lowest BCUT2D eigenvalue weighted by Crippen LogP contribution is -2.09. The maximum absolute atomic E-state index is 4.75. The van der Waals surface area contributed by atoms with Crippen molar-refractivity contribution < 1.29 is 0 Å². The Kier molecular flexibility index (Phi) is 4.18. The number of hydrogen-bond acceptors (Lipinski definition) is 2. The summed E-state index contributed by atoms with van der Waals surface area (Å²) in [7, 11) is 0. The summed E-state index contributed by atoms with van der Waals surface area (Å²) in [6.07, 6.45) is 2.99. The van der Waals surface area contributed by atoms with Crippen molar-refractivity contribution in [2.45, 2.75) is 27.2 Å². The average molecular weight is 495 g/mol. The lowest BCUT2D eigenvalue weighted by Gasteiger charge is -2.18. The molecule has 0 aliphatic heterocycles. The molecular weight excluding hydrogens is 468 g/mol. The molecule has 0 unspecified atom stereocenters. The zero-order valence-corrected chi connectivity index (χ0v) is 22.0. The molecule has 37 heavy (non-hydrogen) atoms. The molecular formula is C34H26N2S. The van der Waals surface area contributed by atoms with Gasteiger partial charge in [0.05, 0.1) is 22.2 Å². The summed E-state index contributed by atoms with van der Waals surface area (Å²) in [6, 6.07) is 31.6. The lowest BCUT2D eigenvalue weighted by molar-refractivity contribution is 0.411. The van der Waals surface area contributed by atoms with Crippen LogP contribution < -0.4 is 0 Å². The minimum atomic E-state index is 0.246. The third-order valence-corrected chi connectivity index (χ3v) is 8.80. The van der Waals surface area contributed by atoms with E-state index in [4.69, 9.17) is 4.98 Å². The second-order valence-electron chi connectivity index (χ2n) is 11.5. The smallest absolute Gasteiger partial charge is 0.0704 e. The van der Waals surface area contributed by atoms with Gasteiger partial charge in [-0.15, -0.1) is 11.3 Å². The van der Waals surface area contributed by atoms with Gasteiger partial charge in [0.25, 0.3) is 0 Å². The Bertz CT molecular complexity index is 2150. The van der Waals surface area contributed by atoms with E-state index in [0.29, 0.717) is 0 Å². The van der Waals surface area contributed by atoms with E-state index < -0.39 is 0 Å². The summed E-state index contributed by atoms with van der Waals surface area (Å²) in [5.74, 6) is 0. The quantitative estimate of drug-likeness (QED) is 0.234. The van der Waals surface area contributed by atoms with Crippen LogP contribution in [0.4, 0.5) is 0 Å². The monoisotopic (exact) mass is 494 g/mol. The van der Waals surface area contributed by atoms with Gasteiger partial charge < -0.3 is 4.40 Å². The third-order valence-electron chi connectivity index (χ3n) is 7.67. The fourth-order valence-electron chi connectivity index (χ4n) is 6.21. The fourth-order valence-corrected chi connectivity index (χ4v) is 7.34. The molecule has 0 aliphatic rings. The Balaban J connectivity index is 1.40. The molecule has 0 fully saturated rings. The molecule has 0 aliphatic carbocycles. The zero-order chi connectivity index (χ0) is 24.9. The maximum atomic E-state index is 4.75. The Morgan fingerprint density at radius 3 is 2.30 bits per heavy atom. The molecule has 0 bridgehead atoms. The van der Waals surface area contributed by atoms with Gasteiger partial charge in [0, 0.05) is 53.5 Å². The average Bonchev–Trinajstić information content (AvgIpc) is 3.52. The van der Waals surface area contributed by atoms with Crippen LogP contribution in [0.5, 0.6) is 0 Å². The first-order valence-corrected chi connectivity index (χ1v) is 13.7. The normalized spacial score (nSPS) is 12.8. The number of aromatic nitrogens is 2. The highest BCUT2D eigenvalue weighted by atomic mass is 32.1. The summed E-state index contributed by atoms with van der Waals surface area (Å²) < 4.78 is 5.19. The lowest BCUT2D eigenvalue weighted by atomic mass is 9.88. The van der Waals surface area contributed by atoms with Gasteiger partial charge >= 0.3 is 0 Å².